The van der Waals surface area contributed by atoms with Gasteiger partial charge in [-0.1, -0.05) is 0 Å². The van der Waals surface area contributed by atoms with Gasteiger partial charge in [0.25, 0.3) is 0 Å². The van der Waals surface area contributed by atoms with Crippen molar-refractivity contribution < 1.29 is 4.79 Å². The van der Waals surface area contributed by atoms with E-state index in [1.165, 1.54) is 0 Å². The van der Waals surface area contributed by atoms with Gasteiger partial charge in [-0.15, -0.1) is 0 Å². The van der Waals surface area contributed by atoms with Gasteiger partial charge in [0.1, 0.15) is 0 Å². The second-order valence-electron chi connectivity index (χ2n) is 2.84. The molecule has 0 radical (unpaired) electrons. The topological polar surface area (TPSA) is 115 Å². The van der Waals surface area contributed by atoms with Crippen LogP contribution in [-0.4, -0.2) is 19.5 Å². The maximum Gasteiger partial charge on any atom is 0.204 e. The fraction of sp³-hybridized carbons (Fsp3) is 0.667. The summed E-state index contributed by atoms with van der Waals surface area (Å²) < 4.78 is 0. The Balaban J connectivity index is 0. The van der Waals surface area contributed by atoms with Gasteiger partial charge in [0.05, 0.1) is 37.1 Å². The summed E-state index contributed by atoms with van der Waals surface area (Å²) in [4.78, 5) is 8.58. The first-order chi connectivity index (χ1) is 7.12. The zero-order valence-electron chi connectivity index (χ0n) is 8.92. The van der Waals surface area contributed by atoms with Gasteiger partial charge in [0.15, 0.2) is 0 Å². The number of primary amides is 1. The van der Waals surface area contributed by atoms with E-state index in [1.54, 1.807) is 13.8 Å². The van der Waals surface area contributed by atoms with Gasteiger partial charge in [-0.3, -0.25) is 4.79 Å². The van der Waals surface area contributed by atoms with E-state index in [2.05, 4.69) is 16.0 Å². The first-order valence-electron chi connectivity index (χ1n) is 4.40. The molecule has 2 N–H and O–H groups in total. The highest BCUT2D eigenvalue weighted by Crippen LogP contribution is 1.96. The third-order valence-corrected chi connectivity index (χ3v) is 1.25. The Labute approximate surface area is 89.4 Å². The minimum absolute atomic E-state index is 0.0915. The van der Waals surface area contributed by atoms with Crippen LogP contribution in [0.1, 0.15) is 13.8 Å². The molecule has 6 nitrogen and oxygen atoms in total. The number of rotatable bonds is 4. The normalized spacial score (nSPS) is 12.8. The minimum Gasteiger partial charge on any atom is -0.372 e. The van der Waals surface area contributed by atoms with Crippen molar-refractivity contribution in [2.24, 2.45) is 27.8 Å². The van der Waals surface area contributed by atoms with Gasteiger partial charge >= 0.3 is 0 Å². The van der Waals surface area contributed by atoms with Crippen LogP contribution in [0.25, 0.3) is 0 Å². The predicted molar refractivity (Wildman–Crippen MR) is 54.4 cm³/mol. The Morgan fingerprint density at radius 1 is 1.20 bits per heavy atom. The van der Waals surface area contributed by atoms with E-state index in [0.717, 1.165) is 0 Å². The van der Waals surface area contributed by atoms with E-state index in [0.29, 0.717) is 13.1 Å². The van der Waals surface area contributed by atoms with Crippen LogP contribution in [0.4, 0.5) is 0 Å². The maximum absolute atomic E-state index is 8.58. The average molecular weight is 209 g/mol. The second-order valence-corrected chi connectivity index (χ2v) is 2.84. The first kappa shape index (κ1) is 15.5. The van der Waals surface area contributed by atoms with Crippen molar-refractivity contribution in [3.8, 4) is 12.1 Å². The number of amides is 1. The van der Waals surface area contributed by atoms with Crippen LogP contribution < -0.4 is 5.73 Å². The van der Waals surface area contributed by atoms with Crippen molar-refractivity contribution in [2.75, 3.05) is 13.1 Å². The van der Waals surface area contributed by atoms with E-state index in [1.807, 2.05) is 12.1 Å². The molecule has 0 saturated carbocycles. The average Bonchev–Trinajstić information content (AvgIpc) is 2.24. The molecule has 0 saturated heterocycles. The monoisotopic (exact) mass is 209 g/mol. The molecule has 0 rings (SSSR count). The van der Waals surface area contributed by atoms with Crippen LogP contribution in [0.2, 0.25) is 0 Å². The molecule has 1 amide bonds. The van der Waals surface area contributed by atoms with Crippen LogP contribution in [0.3, 0.4) is 0 Å². The Kier molecular flexibility index (Phi) is 12.5. The second kappa shape index (κ2) is 12.0. The van der Waals surface area contributed by atoms with Gasteiger partial charge in [-0.2, -0.15) is 20.8 Å². The van der Waals surface area contributed by atoms with Gasteiger partial charge in [0, 0.05) is 0 Å². The number of azo groups is 1. The molecule has 0 aliphatic carbocycles. The van der Waals surface area contributed by atoms with Gasteiger partial charge in [0.2, 0.25) is 6.41 Å². The molecule has 0 aliphatic rings. The lowest BCUT2D eigenvalue weighted by Crippen LogP contribution is -1.96. The molecule has 0 aromatic carbocycles. The molecule has 0 spiro atoms. The molecule has 0 aliphatic heterocycles. The molecule has 2 unspecified atom stereocenters. The molecule has 2 atom stereocenters. The Hall–Kier alpha value is -1.95. The quantitative estimate of drug-likeness (QED) is 0.546. The zero-order chi connectivity index (χ0) is 12.1. The van der Waals surface area contributed by atoms with E-state index in [-0.39, 0.29) is 18.2 Å². The SMILES string of the molecule is CC(C#N)CN=NCC(C)C#N.NC=O. The molecular weight excluding hydrogens is 194 g/mol. The van der Waals surface area contributed by atoms with Crippen LogP contribution in [0.5, 0.6) is 0 Å². The van der Waals surface area contributed by atoms with Gasteiger partial charge < -0.3 is 5.73 Å². The Morgan fingerprint density at radius 3 is 1.67 bits per heavy atom. The molecule has 6 heteroatoms. The number of carbonyl (C=O) groups excluding carboxylic acids is 1. The lowest BCUT2D eigenvalue weighted by molar-refractivity contribution is -0.106. The molecule has 0 aromatic heterocycles. The smallest absolute Gasteiger partial charge is 0.204 e. The lowest BCUT2D eigenvalue weighted by atomic mass is 10.2. The number of nitriles is 2. The van der Waals surface area contributed by atoms with E-state index in [4.69, 9.17) is 15.3 Å². The number of nitrogens with two attached hydrogens (primary N) is 1. The van der Waals surface area contributed by atoms with Crippen LogP contribution >= 0.6 is 0 Å². The molecule has 0 heterocycles. The summed E-state index contributed by atoms with van der Waals surface area (Å²) in [7, 11) is 0. The van der Waals surface area contributed by atoms with Crippen LogP contribution in [-0.2, 0) is 4.79 Å². The van der Waals surface area contributed by atoms with E-state index < -0.39 is 0 Å². The Morgan fingerprint density at radius 2 is 1.47 bits per heavy atom. The number of hydrogen-bond donors (Lipinski definition) is 1. The highest BCUT2D eigenvalue weighted by molar-refractivity contribution is 5.42. The van der Waals surface area contributed by atoms with Crippen molar-refractivity contribution in [3.63, 3.8) is 0 Å². The molecule has 0 aromatic rings. The molecular formula is C9H15N5O. The van der Waals surface area contributed by atoms with Gasteiger partial charge in [-0.05, 0) is 13.8 Å². The summed E-state index contributed by atoms with van der Waals surface area (Å²) in [6.45, 7) is 4.42. The summed E-state index contributed by atoms with van der Waals surface area (Å²) in [6, 6.07) is 4.10. The van der Waals surface area contributed by atoms with E-state index >= 15 is 0 Å². The van der Waals surface area contributed by atoms with Crippen molar-refractivity contribution in [2.45, 2.75) is 13.8 Å². The zero-order valence-corrected chi connectivity index (χ0v) is 8.92. The molecule has 0 bridgehead atoms. The van der Waals surface area contributed by atoms with Crippen LogP contribution in [0.15, 0.2) is 10.2 Å². The highest BCUT2D eigenvalue weighted by atomic mass is 16.1. The van der Waals surface area contributed by atoms with Crippen LogP contribution in [0, 0.1) is 34.5 Å². The number of hydrogen-bond acceptors (Lipinski definition) is 5. The molecule has 0 fully saturated rings. The van der Waals surface area contributed by atoms with Gasteiger partial charge in [-0.25, -0.2) is 0 Å². The third-order valence-electron chi connectivity index (χ3n) is 1.25. The van der Waals surface area contributed by atoms with Crippen molar-refractivity contribution in [1.29, 1.82) is 10.5 Å². The summed E-state index contributed by atoms with van der Waals surface area (Å²) in [5.74, 6) is -0.183. The van der Waals surface area contributed by atoms with Crippen molar-refractivity contribution >= 4 is 6.41 Å². The largest absolute Gasteiger partial charge is 0.372 e. The first-order valence-corrected chi connectivity index (χ1v) is 4.40. The van der Waals surface area contributed by atoms with Crippen molar-refractivity contribution in [3.05, 3.63) is 0 Å². The fourth-order valence-corrected chi connectivity index (χ4v) is 0.442. The van der Waals surface area contributed by atoms with E-state index in [9.17, 15) is 0 Å². The molecule has 15 heavy (non-hydrogen) atoms. The number of nitrogens with zero attached hydrogens (tertiary/aromatic N) is 4. The predicted octanol–water partition coefficient (Wildman–Crippen LogP) is 0.859. The summed E-state index contributed by atoms with van der Waals surface area (Å²) in [5.41, 5.74) is 4.17. The highest BCUT2D eigenvalue weighted by Gasteiger charge is 1.97. The third kappa shape index (κ3) is 14.9. The van der Waals surface area contributed by atoms with Crippen molar-refractivity contribution in [1.82, 2.24) is 0 Å². The summed E-state index contributed by atoms with van der Waals surface area (Å²) in [5, 5.41) is 24.3. The Bertz CT molecular complexity index is 239. The number of carbonyl (C=O) groups is 1. The molecule has 82 valence electrons. The maximum atomic E-state index is 8.58. The standard InChI is InChI=1S/C8H12N4.CH3NO/c1-7(3-9)5-11-12-6-8(2)4-10;2-1-3/h7-8H,5-6H2,1-2H3;1H,(H2,2,3). The minimum atomic E-state index is -0.0915. The summed E-state index contributed by atoms with van der Waals surface area (Å²) in [6.07, 6.45) is 0.250. The lowest BCUT2D eigenvalue weighted by Gasteiger charge is -1.95. The summed E-state index contributed by atoms with van der Waals surface area (Å²) >= 11 is 0. The fourth-order valence-electron chi connectivity index (χ4n) is 0.442.